The van der Waals surface area contributed by atoms with Gasteiger partial charge in [-0.15, -0.1) is 0 Å². The number of anilines is 1. The zero-order valence-corrected chi connectivity index (χ0v) is 18.3. The van der Waals surface area contributed by atoms with Crippen molar-refractivity contribution in [2.75, 3.05) is 5.32 Å². The molecule has 0 amide bonds. The van der Waals surface area contributed by atoms with Crippen LogP contribution in [0.15, 0.2) is 69.9 Å². The molecule has 31 heavy (non-hydrogen) atoms. The molecule has 0 saturated heterocycles. The van der Waals surface area contributed by atoms with E-state index in [1.165, 1.54) is 12.1 Å². The Morgan fingerprint density at radius 2 is 1.74 bits per heavy atom. The second-order valence-electron chi connectivity index (χ2n) is 8.35. The van der Waals surface area contributed by atoms with E-state index in [9.17, 15) is 9.90 Å². The maximum absolute atomic E-state index is 11.9. The van der Waals surface area contributed by atoms with Gasteiger partial charge in [-0.2, -0.15) is 0 Å². The summed E-state index contributed by atoms with van der Waals surface area (Å²) in [5, 5.41) is 14.3. The van der Waals surface area contributed by atoms with Crippen LogP contribution >= 0.6 is 12.2 Å². The van der Waals surface area contributed by atoms with Crippen LogP contribution in [0.2, 0.25) is 0 Å². The van der Waals surface area contributed by atoms with Crippen LogP contribution in [0.5, 0.6) is 5.75 Å². The molecule has 1 heterocycles. The molecule has 0 bridgehead atoms. The minimum absolute atomic E-state index is 0.101. The Balaban J connectivity index is 1.71. The van der Waals surface area contributed by atoms with Crippen molar-refractivity contribution >= 4 is 34.0 Å². The molecule has 7 heteroatoms. The Morgan fingerprint density at radius 3 is 2.45 bits per heavy atom. The van der Waals surface area contributed by atoms with Gasteiger partial charge in [0.15, 0.2) is 10.5 Å². The lowest BCUT2D eigenvalue weighted by atomic mass is 9.93. The number of benzene rings is 3. The number of hydrazine groups is 1. The fourth-order valence-corrected chi connectivity index (χ4v) is 3.47. The molecule has 0 fully saturated rings. The number of hydrogen-bond donors (Lipinski definition) is 4. The van der Waals surface area contributed by atoms with Gasteiger partial charge in [-0.3, -0.25) is 10.2 Å². The van der Waals surface area contributed by atoms with Gasteiger partial charge in [-0.05, 0) is 75.0 Å². The summed E-state index contributed by atoms with van der Waals surface area (Å²) in [6.07, 6.45) is 0. The third kappa shape index (κ3) is 4.68. The van der Waals surface area contributed by atoms with Crippen LogP contribution in [0, 0.1) is 0 Å². The smallest absolute Gasteiger partial charge is 0.185 e. The van der Waals surface area contributed by atoms with Gasteiger partial charge in [-0.1, -0.05) is 12.1 Å². The normalized spacial score (nSPS) is 11.6. The molecule has 158 valence electrons. The summed E-state index contributed by atoms with van der Waals surface area (Å²) in [7, 11) is 0. The molecule has 2 aromatic rings. The zero-order chi connectivity index (χ0) is 22.2. The summed E-state index contributed by atoms with van der Waals surface area (Å²) in [6, 6.07) is 17.6. The summed E-state index contributed by atoms with van der Waals surface area (Å²) in [5.74, 6) is 0.575. The predicted molar refractivity (Wildman–Crippen MR) is 128 cm³/mol. The minimum Gasteiger partial charge on any atom is -0.508 e. The number of thiocarbonyl (C=S) groups is 1. The third-order valence-corrected chi connectivity index (χ3v) is 4.86. The summed E-state index contributed by atoms with van der Waals surface area (Å²) < 4.78 is 5.90. The molecule has 0 spiro atoms. The Morgan fingerprint density at radius 1 is 1.00 bits per heavy atom. The van der Waals surface area contributed by atoms with Crippen molar-refractivity contribution in [1.29, 1.82) is 0 Å². The summed E-state index contributed by atoms with van der Waals surface area (Å²) >= 11 is 5.33. The van der Waals surface area contributed by atoms with Gasteiger partial charge in [0.1, 0.15) is 17.1 Å². The first kappa shape index (κ1) is 20.8. The van der Waals surface area contributed by atoms with Crippen LogP contribution in [0.3, 0.4) is 0 Å². The second kappa shape index (κ2) is 8.02. The number of phenolic OH excluding ortho intramolecular Hbond substituents is 1. The molecule has 1 aliphatic carbocycles. The number of rotatable bonds is 3. The SMILES string of the molecule is CC(C)(C)NNC(=S)Nc1ccc(-c2c3ccc(=O)cc-3oc3cc(O)ccc23)cc1. The number of fused-ring (bicyclic) bond motifs is 2. The second-order valence-corrected chi connectivity index (χ2v) is 8.76. The van der Waals surface area contributed by atoms with Gasteiger partial charge in [0, 0.05) is 39.9 Å². The van der Waals surface area contributed by atoms with Crippen molar-refractivity contribution in [2.24, 2.45) is 0 Å². The molecule has 0 unspecified atom stereocenters. The van der Waals surface area contributed by atoms with E-state index in [1.54, 1.807) is 18.2 Å². The first-order valence-corrected chi connectivity index (χ1v) is 10.2. The monoisotopic (exact) mass is 433 g/mol. The third-order valence-electron chi connectivity index (χ3n) is 4.66. The van der Waals surface area contributed by atoms with Crippen molar-refractivity contribution < 1.29 is 9.52 Å². The Hall–Kier alpha value is -3.42. The molecule has 2 aliphatic rings. The largest absolute Gasteiger partial charge is 0.508 e. The highest BCUT2D eigenvalue weighted by Crippen LogP contribution is 2.40. The number of aromatic hydroxyl groups is 1. The van der Waals surface area contributed by atoms with E-state index in [4.69, 9.17) is 16.6 Å². The first-order chi connectivity index (χ1) is 14.7. The number of hydrogen-bond acceptors (Lipinski definition) is 5. The van der Waals surface area contributed by atoms with Crippen LogP contribution in [0.4, 0.5) is 5.69 Å². The van der Waals surface area contributed by atoms with Gasteiger partial charge in [0.05, 0.1) is 0 Å². The standard InChI is InChI=1S/C24H23N3O3S/c1-24(2,3)27-26-23(31)25-15-6-4-14(5-7-15)22-18-10-8-16(28)12-20(18)30-21-13-17(29)9-11-19(21)22/h4-13,27-28H,1-3H3,(H2,25,26,31). The summed E-state index contributed by atoms with van der Waals surface area (Å²) in [4.78, 5) is 11.9. The van der Waals surface area contributed by atoms with Gasteiger partial charge in [0.2, 0.25) is 0 Å². The van der Waals surface area contributed by atoms with E-state index < -0.39 is 0 Å². The predicted octanol–water partition coefficient (Wildman–Crippen LogP) is 4.86. The fraction of sp³-hybridized carbons (Fsp3) is 0.167. The maximum atomic E-state index is 11.9. The van der Waals surface area contributed by atoms with Crippen molar-refractivity contribution in [2.45, 2.75) is 26.3 Å². The molecule has 4 N–H and O–H groups in total. The highest BCUT2D eigenvalue weighted by atomic mass is 32.1. The average Bonchev–Trinajstić information content (AvgIpc) is 2.70. The van der Waals surface area contributed by atoms with E-state index >= 15 is 0 Å². The van der Waals surface area contributed by atoms with Crippen LogP contribution in [0.1, 0.15) is 20.8 Å². The topological polar surface area (TPSA) is 86.5 Å². The summed E-state index contributed by atoms with van der Waals surface area (Å²) in [5.41, 5.74) is 9.90. The molecule has 6 nitrogen and oxygen atoms in total. The molecule has 4 rings (SSSR count). The van der Waals surface area contributed by atoms with E-state index in [0.717, 1.165) is 27.8 Å². The van der Waals surface area contributed by atoms with E-state index in [1.807, 2.05) is 51.1 Å². The van der Waals surface area contributed by atoms with Crippen molar-refractivity contribution in [3.05, 3.63) is 70.9 Å². The van der Waals surface area contributed by atoms with E-state index in [0.29, 0.717) is 16.5 Å². The molecule has 0 radical (unpaired) electrons. The van der Waals surface area contributed by atoms with Crippen LogP contribution < -0.4 is 21.6 Å². The molecule has 0 saturated carbocycles. The lowest BCUT2D eigenvalue weighted by Crippen LogP contribution is -2.50. The highest BCUT2D eigenvalue weighted by molar-refractivity contribution is 7.80. The van der Waals surface area contributed by atoms with Gasteiger partial charge in [-0.25, -0.2) is 5.43 Å². The highest BCUT2D eigenvalue weighted by Gasteiger charge is 2.17. The number of phenols is 1. The molecule has 1 aliphatic heterocycles. The van der Waals surface area contributed by atoms with Crippen molar-refractivity contribution in [3.8, 4) is 28.2 Å². The van der Waals surface area contributed by atoms with Crippen molar-refractivity contribution in [1.82, 2.24) is 10.9 Å². The van der Waals surface area contributed by atoms with E-state index in [2.05, 4.69) is 16.2 Å². The minimum atomic E-state index is -0.133. The first-order valence-electron chi connectivity index (χ1n) is 9.84. The van der Waals surface area contributed by atoms with Gasteiger partial charge >= 0.3 is 0 Å². The lowest BCUT2D eigenvalue weighted by Gasteiger charge is -2.22. The van der Waals surface area contributed by atoms with Crippen LogP contribution in [-0.4, -0.2) is 15.8 Å². The molecule has 2 aromatic carbocycles. The van der Waals surface area contributed by atoms with Crippen LogP contribution in [-0.2, 0) is 0 Å². The number of nitrogens with one attached hydrogen (secondary N) is 3. The fourth-order valence-electron chi connectivity index (χ4n) is 3.30. The van der Waals surface area contributed by atoms with E-state index in [-0.39, 0.29) is 16.7 Å². The van der Waals surface area contributed by atoms with Gasteiger partial charge in [0.25, 0.3) is 0 Å². The average molecular weight is 434 g/mol. The lowest BCUT2D eigenvalue weighted by molar-refractivity contribution is 0.405. The molecule has 0 aromatic heterocycles. The zero-order valence-electron chi connectivity index (χ0n) is 17.4. The molecular weight excluding hydrogens is 410 g/mol. The quantitative estimate of drug-likeness (QED) is 0.209. The summed E-state index contributed by atoms with van der Waals surface area (Å²) in [6.45, 7) is 6.11. The molecular formula is C24H23N3O3S. The van der Waals surface area contributed by atoms with Gasteiger partial charge < -0.3 is 14.8 Å². The Bertz CT molecular complexity index is 1290. The van der Waals surface area contributed by atoms with Crippen LogP contribution in [0.25, 0.3) is 33.4 Å². The Labute approximate surface area is 185 Å². The maximum Gasteiger partial charge on any atom is 0.185 e. The van der Waals surface area contributed by atoms with Crippen molar-refractivity contribution in [3.63, 3.8) is 0 Å². The molecule has 0 atom stereocenters. The Kier molecular flexibility index (Phi) is 5.39.